The molecule has 1 N–H and O–H groups in total. The van der Waals surface area contributed by atoms with Gasteiger partial charge in [0, 0.05) is 10.7 Å². The molecule has 0 heterocycles. The normalized spacial score (nSPS) is 12.9. The lowest BCUT2D eigenvalue weighted by Crippen LogP contribution is -2.44. The van der Waals surface area contributed by atoms with Crippen LogP contribution in [0.2, 0.25) is 0 Å². The van der Waals surface area contributed by atoms with Crippen LogP contribution in [0.15, 0.2) is 12.1 Å². The first-order valence-corrected chi connectivity index (χ1v) is 8.82. The van der Waals surface area contributed by atoms with E-state index in [1.807, 2.05) is 67.8 Å². The summed E-state index contributed by atoms with van der Waals surface area (Å²) in [5.41, 5.74) is 0.169. The highest BCUT2D eigenvalue weighted by molar-refractivity contribution is 14.1. The van der Waals surface area contributed by atoms with E-state index in [2.05, 4.69) is 0 Å². The smallest absolute Gasteiger partial charge is 0.378 e. The highest BCUT2D eigenvalue weighted by atomic mass is 127. The number of hydrogen-bond donors (Lipinski definition) is 1. The van der Waals surface area contributed by atoms with Gasteiger partial charge in [-0.2, -0.15) is 8.78 Å². The third kappa shape index (κ3) is 4.36. The lowest BCUT2D eigenvalue weighted by atomic mass is 10.1. The monoisotopic (exact) mass is 636 g/mol. The predicted octanol–water partition coefficient (Wildman–Crippen LogP) is 4.16. The van der Waals surface area contributed by atoms with E-state index in [9.17, 15) is 18.4 Å². The molecule has 4 nitrogen and oxygen atoms in total. The van der Waals surface area contributed by atoms with E-state index in [0.717, 1.165) is 3.57 Å². The van der Waals surface area contributed by atoms with Crippen LogP contribution in [0, 0.1) is 10.7 Å². The molecular weight excluding hydrogens is 627 g/mol. The molecule has 1 unspecified atom stereocenters. The molecule has 0 aromatic heterocycles. The summed E-state index contributed by atoms with van der Waals surface area (Å²) < 4.78 is 33.6. The molecule has 1 atom stereocenters. The molecule has 21 heavy (non-hydrogen) atoms. The van der Waals surface area contributed by atoms with E-state index < -0.39 is 24.0 Å². The van der Waals surface area contributed by atoms with Crippen LogP contribution in [0.1, 0.15) is 23.7 Å². The van der Waals surface area contributed by atoms with Crippen molar-refractivity contribution >= 4 is 79.7 Å². The number of ether oxygens (including phenoxy) is 1. The molecule has 0 saturated carbocycles. The highest BCUT2D eigenvalue weighted by Crippen LogP contribution is 2.29. The van der Waals surface area contributed by atoms with Crippen LogP contribution in [0.4, 0.5) is 8.78 Å². The van der Waals surface area contributed by atoms with E-state index in [4.69, 9.17) is 9.84 Å². The minimum Gasteiger partial charge on any atom is -0.477 e. The van der Waals surface area contributed by atoms with Crippen LogP contribution >= 0.6 is 67.8 Å². The summed E-state index contributed by atoms with van der Waals surface area (Å²) in [4.78, 5) is 22.7. The number of halogens is 5. The van der Waals surface area contributed by atoms with Crippen molar-refractivity contribution in [1.82, 2.24) is 0 Å². The Hall–Kier alpha value is 0.210. The van der Waals surface area contributed by atoms with Gasteiger partial charge in [-0.1, -0.05) is 6.92 Å². The number of alkyl halides is 2. The fraction of sp³-hybridized carbons (Fsp3) is 0.333. The van der Waals surface area contributed by atoms with Gasteiger partial charge in [0.25, 0.3) is 0 Å². The van der Waals surface area contributed by atoms with Crippen LogP contribution in [-0.4, -0.2) is 29.1 Å². The molecule has 0 fully saturated rings. The molecule has 1 rings (SSSR count). The van der Waals surface area contributed by atoms with Gasteiger partial charge in [-0.05, 0) is 86.3 Å². The SMILES string of the molecule is CCC(OC(=O)c1c(I)ccc(I)c1I)C(F)(F)C(=O)O. The van der Waals surface area contributed by atoms with Gasteiger partial charge in [-0.3, -0.25) is 0 Å². The van der Waals surface area contributed by atoms with Crippen LogP contribution in [0.25, 0.3) is 0 Å². The van der Waals surface area contributed by atoms with Crippen molar-refractivity contribution in [3.63, 3.8) is 0 Å². The minimum absolute atomic E-state index is 0.169. The standard InChI is InChI=1S/C12H9F2I3O4/c1-2-7(12(13,14)11(19)20)21-10(18)8-5(15)3-4-6(16)9(8)17/h3-4,7H,2H2,1H3,(H,19,20). The Morgan fingerprint density at radius 2 is 1.81 bits per heavy atom. The topological polar surface area (TPSA) is 63.6 Å². The molecule has 0 spiro atoms. The van der Waals surface area contributed by atoms with Crippen LogP contribution in [-0.2, 0) is 9.53 Å². The number of benzene rings is 1. The van der Waals surface area contributed by atoms with Gasteiger partial charge in [0.15, 0.2) is 6.10 Å². The lowest BCUT2D eigenvalue weighted by Gasteiger charge is -2.22. The molecule has 1 aromatic carbocycles. The highest BCUT2D eigenvalue weighted by Gasteiger charge is 2.49. The summed E-state index contributed by atoms with van der Waals surface area (Å²) in [6.07, 6.45) is -2.31. The molecule has 9 heteroatoms. The number of hydrogen-bond acceptors (Lipinski definition) is 3. The number of aliphatic carboxylic acids is 1. The Kier molecular flexibility index (Phi) is 7.02. The molecule has 0 aliphatic rings. The number of esters is 1. The Bertz CT molecular complexity index is 578. The Morgan fingerprint density at radius 1 is 1.29 bits per heavy atom. The average Bonchev–Trinajstić information content (AvgIpc) is 2.40. The van der Waals surface area contributed by atoms with Crippen LogP contribution < -0.4 is 0 Å². The second kappa shape index (κ2) is 7.66. The fourth-order valence-electron chi connectivity index (χ4n) is 1.45. The maximum absolute atomic E-state index is 13.5. The predicted molar refractivity (Wildman–Crippen MR) is 96.7 cm³/mol. The summed E-state index contributed by atoms with van der Waals surface area (Å²) in [5, 5.41) is 8.53. The zero-order valence-electron chi connectivity index (χ0n) is 10.5. The van der Waals surface area contributed by atoms with Gasteiger partial charge in [0.2, 0.25) is 0 Å². The average molecular weight is 636 g/mol. The number of rotatable bonds is 5. The Labute approximate surface area is 160 Å². The summed E-state index contributed by atoms with van der Waals surface area (Å²) in [6, 6.07) is 3.45. The molecule has 0 amide bonds. The molecule has 1 aromatic rings. The summed E-state index contributed by atoms with van der Waals surface area (Å²) in [5.74, 6) is -7.38. The van der Waals surface area contributed by atoms with E-state index in [1.165, 1.54) is 6.92 Å². The number of carboxylic acid groups (broad SMARTS) is 1. The van der Waals surface area contributed by atoms with E-state index in [0.29, 0.717) is 7.14 Å². The fourth-order valence-corrected chi connectivity index (χ4v) is 3.78. The van der Waals surface area contributed by atoms with E-state index in [-0.39, 0.29) is 12.0 Å². The Morgan fingerprint density at radius 3 is 2.29 bits per heavy atom. The van der Waals surface area contributed by atoms with Crippen molar-refractivity contribution in [1.29, 1.82) is 0 Å². The third-order valence-corrected chi connectivity index (χ3v) is 6.51. The summed E-state index contributed by atoms with van der Waals surface area (Å²) in [6.45, 7) is 1.33. The lowest BCUT2D eigenvalue weighted by molar-refractivity contribution is -0.182. The second-order valence-corrected chi connectivity index (χ2v) is 7.35. The molecule has 0 aliphatic carbocycles. The van der Waals surface area contributed by atoms with Crippen LogP contribution in [0.3, 0.4) is 0 Å². The quantitative estimate of drug-likeness (QED) is 0.300. The summed E-state index contributed by atoms with van der Waals surface area (Å²) in [7, 11) is 0. The third-order valence-electron chi connectivity index (χ3n) is 2.56. The minimum atomic E-state index is -4.12. The van der Waals surface area contributed by atoms with Gasteiger partial charge in [0.05, 0.1) is 5.56 Å². The van der Waals surface area contributed by atoms with Crippen molar-refractivity contribution in [2.24, 2.45) is 0 Å². The summed E-state index contributed by atoms with van der Waals surface area (Å²) >= 11 is 5.83. The first-order valence-electron chi connectivity index (χ1n) is 5.58. The number of carbonyl (C=O) groups excluding carboxylic acids is 1. The van der Waals surface area contributed by atoms with E-state index in [1.54, 1.807) is 12.1 Å². The maximum Gasteiger partial charge on any atom is 0.378 e. The van der Waals surface area contributed by atoms with Crippen molar-refractivity contribution in [3.8, 4) is 0 Å². The van der Waals surface area contributed by atoms with Gasteiger partial charge in [-0.15, -0.1) is 0 Å². The van der Waals surface area contributed by atoms with Crippen molar-refractivity contribution in [2.45, 2.75) is 25.4 Å². The van der Waals surface area contributed by atoms with Crippen molar-refractivity contribution < 1.29 is 28.2 Å². The zero-order chi connectivity index (χ0) is 16.4. The molecular formula is C12H9F2I3O4. The number of carbonyl (C=O) groups is 2. The molecule has 0 saturated heterocycles. The largest absolute Gasteiger partial charge is 0.477 e. The first kappa shape index (κ1) is 19.3. The first-order chi connectivity index (χ1) is 9.62. The maximum atomic E-state index is 13.5. The van der Waals surface area contributed by atoms with Gasteiger partial charge in [0.1, 0.15) is 0 Å². The molecule has 116 valence electrons. The van der Waals surface area contributed by atoms with Crippen LogP contribution in [0.5, 0.6) is 0 Å². The second-order valence-electron chi connectivity index (χ2n) is 3.95. The van der Waals surface area contributed by atoms with Gasteiger partial charge in [-0.25, -0.2) is 9.59 Å². The van der Waals surface area contributed by atoms with E-state index >= 15 is 0 Å². The molecule has 0 bridgehead atoms. The molecule has 0 radical (unpaired) electrons. The molecule has 0 aliphatic heterocycles. The van der Waals surface area contributed by atoms with Crippen molar-refractivity contribution in [3.05, 3.63) is 28.4 Å². The van der Waals surface area contributed by atoms with Crippen molar-refractivity contribution in [2.75, 3.05) is 0 Å². The van der Waals surface area contributed by atoms with Gasteiger partial charge >= 0.3 is 17.9 Å². The number of carboxylic acids is 1. The van der Waals surface area contributed by atoms with Gasteiger partial charge < -0.3 is 9.84 Å². The zero-order valence-corrected chi connectivity index (χ0v) is 17.0. The Balaban J connectivity index is 3.11.